The van der Waals surface area contributed by atoms with E-state index in [2.05, 4.69) is 25.3 Å². The number of allylic oxidation sites excluding steroid dienone is 1. The van der Waals surface area contributed by atoms with E-state index in [9.17, 15) is 9.59 Å². The van der Waals surface area contributed by atoms with Gasteiger partial charge in [0.05, 0.1) is 27.1 Å². The number of carbonyl (C=O) groups is 2. The van der Waals surface area contributed by atoms with Crippen LogP contribution in [-0.2, 0) is 20.9 Å². The van der Waals surface area contributed by atoms with E-state index in [4.69, 9.17) is 11.6 Å². The summed E-state index contributed by atoms with van der Waals surface area (Å²) in [6.45, 7) is 8.53. The third-order valence-corrected chi connectivity index (χ3v) is 5.77. The monoisotopic (exact) mass is 529 g/mol. The first kappa shape index (κ1) is 28.8. The van der Waals surface area contributed by atoms with Crippen molar-refractivity contribution in [3.05, 3.63) is 70.0 Å². The van der Waals surface area contributed by atoms with E-state index >= 15 is 0 Å². The number of carbonyl (C=O) groups excluding carboxylic acids is 2. The number of aldehydes is 1. The van der Waals surface area contributed by atoms with Gasteiger partial charge in [-0.15, -0.1) is 11.3 Å². The fraction of sp³-hybridized carbons (Fsp3) is 0.308. The average molecular weight is 530 g/mol. The average Bonchev–Trinajstić information content (AvgIpc) is 3.19. The maximum Gasteiger partial charge on any atom is 0.293 e. The van der Waals surface area contributed by atoms with Crippen LogP contribution < -0.4 is 10.6 Å². The zero-order valence-electron chi connectivity index (χ0n) is 21.3. The molecule has 2 aromatic carbocycles. The quantitative estimate of drug-likeness (QED) is 0.184. The van der Waals surface area contributed by atoms with Crippen molar-refractivity contribution in [2.45, 2.75) is 39.8 Å². The highest BCUT2D eigenvalue weighted by atomic mass is 35.5. The number of aromatic nitrogens is 1. The highest BCUT2D eigenvalue weighted by molar-refractivity contribution is 7.18. The number of halogens is 1. The van der Waals surface area contributed by atoms with Gasteiger partial charge in [0.1, 0.15) is 5.60 Å². The molecule has 0 atom stereocenters. The second kappa shape index (κ2) is 13.6. The van der Waals surface area contributed by atoms with Gasteiger partial charge in [0.15, 0.2) is 6.29 Å². The van der Waals surface area contributed by atoms with E-state index in [0.717, 1.165) is 32.8 Å². The first-order chi connectivity index (χ1) is 17.0. The summed E-state index contributed by atoms with van der Waals surface area (Å²) in [5, 5.41) is 7.89. The molecule has 1 aromatic heterocycles. The number of hydrogen-bond donors (Lipinski definition) is 2. The van der Waals surface area contributed by atoms with Crippen LogP contribution in [0.1, 0.15) is 31.3 Å². The van der Waals surface area contributed by atoms with Gasteiger partial charge in [-0.3, -0.25) is 9.59 Å². The molecular formula is C26H32ClN5O3S. The van der Waals surface area contributed by atoms with Crippen molar-refractivity contribution in [2.75, 3.05) is 19.4 Å². The van der Waals surface area contributed by atoms with Gasteiger partial charge in [0.2, 0.25) is 5.96 Å². The summed E-state index contributed by atoms with van der Waals surface area (Å²) in [5.41, 5.74) is 3.03. The van der Waals surface area contributed by atoms with Crippen molar-refractivity contribution in [1.82, 2.24) is 15.2 Å². The number of rotatable bonds is 7. The molecule has 3 aromatic rings. The number of nitrogens with one attached hydrogen (secondary N) is 2. The molecule has 0 bridgehead atoms. The van der Waals surface area contributed by atoms with Crippen LogP contribution >= 0.6 is 22.9 Å². The first-order valence-electron chi connectivity index (χ1n) is 11.2. The number of guanidine groups is 1. The maximum atomic E-state index is 11.1. The van der Waals surface area contributed by atoms with Crippen molar-refractivity contribution < 1.29 is 14.3 Å². The smallest absolute Gasteiger partial charge is 0.293 e. The molecule has 0 fully saturated rings. The van der Waals surface area contributed by atoms with Crippen LogP contribution in [0.15, 0.2) is 59.4 Å². The summed E-state index contributed by atoms with van der Waals surface area (Å²) in [4.78, 5) is 31.7. The molecule has 2 N–H and O–H groups in total. The van der Waals surface area contributed by atoms with Gasteiger partial charge in [-0.25, -0.2) is 9.98 Å². The van der Waals surface area contributed by atoms with E-state index < -0.39 is 0 Å². The Labute approximate surface area is 221 Å². The molecule has 0 aliphatic rings. The summed E-state index contributed by atoms with van der Waals surface area (Å²) in [6, 6.07) is 13.7. The standard InChI is InChI=1S/C21H22ClN5OS.C5H10O2/c1-14-25-19-9-8-17(10-20(19)29-14)26-21(24-11-18(13-28)23-2)27(3)12-15-4-6-16(22)7-5-15;1-5(2,3)7-4-6/h4-11,13,23H,12H2,1-3H3,(H,24,26);4H,1-3H3/b18-11+;. The zero-order chi connectivity index (χ0) is 26.7. The summed E-state index contributed by atoms with van der Waals surface area (Å²) < 4.78 is 5.65. The Hall–Kier alpha value is -3.43. The number of ether oxygens (including phenoxy) is 1. The molecule has 0 unspecified atom stereocenters. The van der Waals surface area contributed by atoms with Crippen LogP contribution in [0.25, 0.3) is 10.2 Å². The minimum absolute atomic E-state index is 0.318. The zero-order valence-corrected chi connectivity index (χ0v) is 22.9. The molecule has 36 heavy (non-hydrogen) atoms. The number of nitrogens with zero attached hydrogens (tertiary/aromatic N) is 3. The Morgan fingerprint density at radius 3 is 2.44 bits per heavy atom. The van der Waals surface area contributed by atoms with Crippen molar-refractivity contribution >= 4 is 57.6 Å². The third kappa shape index (κ3) is 9.67. The Kier molecular flexibility index (Phi) is 10.9. The lowest BCUT2D eigenvalue weighted by molar-refractivity contribution is -0.138. The number of thiazole rings is 1. The van der Waals surface area contributed by atoms with Gasteiger partial charge >= 0.3 is 0 Å². The summed E-state index contributed by atoms with van der Waals surface area (Å²) in [5.74, 6) is 0.607. The molecule has 0 spiro atoms. The highest BCUT2D eigenvalue weighted by Gasteiger charge is 2.10. The van der Waals surface area contributed by atoms with Crippen LogP contribution in [0.4, 0.5) is 5.69 Å². The molecule has 0 saturated carbocycles. The van der Waals surface area contributed by atoms with E-state index in [1.165, 1.54) is 6.20 Å². The number of aryl methyl sites for hydroxylation is 1. The lowest BCUT2D eigenvalue weighted by atomic mass is 10.2. The van der Waals surface area contributed by atoms with Crippen molar-refractivity contribution in [3.8, 4) is 0 Å². The normalized spacial score (nSPS) is 11.9. The maximum absolute atomic E-state index is 11.1. The lowest BCUT2D eigenvalue weighted by Gasteiger charge is -2.22. The van der Waals surface area contributed by atoms with Crippen LogP contribution in [0.2, 0.25) is 5.02 Å². The van der Waals surface area contributed by atoms with Crippen LogP contribution in [0.3, 0.4) is 0 Å². The molecule has 0 amide bonds. The van der Waals surface area contributed by atoms with E-state index in [1.807, 2.05) is 82.1 Å². The number of hydrogen-bond acceptors (Lipinski definition) is 7. The molecule has 3 rings (SSSR count). The molecule has 1 heterocycles. The molecule has 0 aliphatic carbocycles. The minimum Gasteiger partial charge on any atom is -0.462 e. The SMILES string of the molecule is CC(C)(C)OC=O.CN/C(C=O)=C/N=C(Nc1ccc2nc(C)sc2c1)N(C)Cc1ccc(Cl)cc1. The van der Waals surface area contributed by atoms with Crippen LogP contribution in [-0.4, -0.2) is 48.3 Å². The van der Waals surface area contributed by atoms with Crippen LogP contribution in [0, 0.1) is 6.92 Å². The van der Waals surface area contributed by atoms with E-state index in [0.29, 0.717) is 29.7 Å². The fourth-order valence-electron chi connectivity index (χ4n) is 2.84. The number of fused-ring (bicyclic) bond motifs is 1. The van der Waals surface area contributed by atoms with Gasteiger partial charge in [0, 0.05) is 31.4 Å². The highest BCUT2D eigenvalue weighted by Crippen LogP contribution is 2.25. The Bertz CT molecular complexity index is 1220. The Balaban J connectivity index is 0.000000572. The molecule has 192 valence electrons. The summed E-state index contributed by atoms with van der Waals surface area (Å²) >= 11 is 7.63. The van der Waals surface area contributed by atoms with E-state index in [1.54, 1.807) is 18.4 Å². The van der Waals surface area contributed by atoms with Gasteiger partial charge in [-0.1, -0.05) is 23.7 Å². The largest absolute Gasteiger partial charge is 0.462 e. The minimum atomic E-state index is -0.318. The Morgan fingerprint density at radius 1 is 1.19 bits per heavy atom. The van der Waals surface area contributed by atoms with Gasteiger partial charge in [0.25, 0.3) is 6.47 Å². The lowest BCUT2D eigenvalue weighted by Crippen LogP contribution is -2.32. The Morgan fingerprint density at radius 2 is 1.89 bits per heavy atom. The third-order valence-electron chi connectivity index (χ3n) is 4.59. The molecule has 0 aliphatic heterocycles. The van der Waals surface area contributed by atoms with Gasteiger partial charge < -0.3 is 20.3 Å². The van der Waals surface area contributed by atoms with Crippen molar-refractivity contribution in [1.29, 1.82) is 0 Å². The fourth-order valence-corrected chi connectivity index (χ4v) is 3.83. The second-order valence-corrected chi connectivity index (χ2v) is 10.4. The van der Waals surface area contributed by atoms with Crippen molar-refractivity contribution in [3.63, 3.8) is 0 Å². The molecule has 0 saturated heterocycles. The number of likely N-dealkylation sites (N-methyl/N-ethyl adjacent to an activating group) is 1. The predicted octanol–water partition coefficient (Wildman–Crippen LogP) is 5.38. The van der Waals surface area contributed by atoms with Gasteiger partial charge in [-0.05, 0) is 63.6 Å². The number of aliphatic imine (C=N–C) groups is 1. The molecule has 8 nitrogen and oxygen atoms in total. The van der Waals surface area contributed by atoms with Gasteiger partial charge in [-0.2, -0.15) is 0 Å². The van der Waals surface area contributed by atoms with E-state index in [-0.39, 0.29) is 5.60 Å². The number of anilines is 1. The summed E-state index contributed by atoms with van der Waals surface area (Å²) in [7, 11) is 3.62. The number of benzene rings is 2. The predicted molar refractivity (Wildman–Crippen MR) is 148 cm³/mol. The molecule has 0 radical (unpaired) electrons. The molecular weight excluding hydrogens is 498 g/mol. The van der Waals surface area contributed by atoms with Crippen LogP contribution in [0.5, 0.6) is 0 Å². The first-order valence-corrected chi connectivity index (χ1v) is 12.4. The van der Waals surface area contributed by atoms with Crippen molar-refractivity contribution in [2.24, 2.45) is 4.99 Å². The summed E-state index contributed by atoms with van der Waals surface area (Å²) in [6.07, 6.45) is 2.23. The molecule has 10 heteroatoms. The second-order valence-electron chi connectivity index (χ2n) is 8.75. The topological polar surface area (TPSA) is 95.9 Å².